The van der Waals surface area contributed by atoms with Crippen LogP contribution in [-0.2, 0) is 24.1 Å². The number of carbonyl (C=O) groups is 1. The fourth-order valence-electron chi connectivity index (χ4n) is 0. The van der Waals surface area contributed by atoms with Crippen molar-refractivity contribution in [2.24, 2.45) is 0 Å². The quantitative estimate of drug-likeness (QED) is 0.626. The van der Waals surface area contributed by atoms with Gasteiger partial charge in [-0.1, -0.05) is 0 Å². The van der Waals surface area contributed by atoms with Crippen molar-refractivity contribution in [2.75, 3.05) is 0 Å². The van der Waals surface area contributed by atoms with E-state index in [1.165, 1.54) is 19.4 Å². The van der Waals surface area contributed by atoms with Gasteiger partial charge in [-0.3, -0.25) is 0 Å². The Morgan fingerprint density at radius 2 is 2.20 bits per heavy atom. The first-order valence-electron chi connectivity index (χ1n) is 1.23. The van der Waals surface area contributed by atoms with Crippen molar-refractivity contribution in [2.45, 2.75) is 6.92 Å². The molecule has 0 radical (unpaired) electrons. The summed E-state index contributed by atoms with van der Waals surface area (Å²) in [6, 6.07) is 0. The van der Waals surface area contributed by atoms with E-state index in [0.29, 0.717) is 0 Å². The van der Waals surface area contributed by atoms with Crippen molar-refractivity contribution in [1.29, 1.82) is 0 Å². The molecule has 28 valence electrons. The van der Waals surface area contributed by atoms with Crippen molar-refractivity contribution >= 4 is 10.2 Å². The molecule has 0 saturated carbocycles. The molecule has 0 bridgehead atoms. The van der Waals surface area contributed by atoms with Crippen molar-refractivity contribution in [3.63, 3.8) is 0 Å². The summed E-state index contributed by atoms with van der Waals surface area (Å²) in [5.41, 5.74) is 0. The Hall–Kier alpha value is 0.228. The molecule has 0 saturated heterocycles. The minimum atomic E-state index is 0.167. The Balaban J connectivity index is 3.20. The third kappa shape index (κ3) is 4.23. The van der Waals surface area contributed by atoms with E-state index in [4.69, 9.17) is 0 Å². The maximum absolute atomic E-state index is 9.78. The summed E-state index contributed by atoms with van der Waals surface area (Å²) in [6.07, 6.45) is 0. The molecule has 0 aliphatic heterocycles. The fraction of sp³-hybridized carbons (Fsp3) is 0.333. The van der Waals surface area contributed by atoms with Gasteiger partial charge >= 0.3 is 41.3 Å². The zero-order chi connectivity index (χ0) is 4.28. The van der Waals surface area contributed by atoms with E-state index in [2.05, 4.69) is 0 Å². The summed E-state index contributed by atoms with van der Waals surface area (Å²) < 4.78 is 1.61. The van der Waals surface area contributed by atoms with Crippen molar-refractivity contribution in [1.82, 2.24) is 0 Å². The van der Waals surface area contributed by atoms with Gasteiger partial charge in [0.15, 0.2) is 0 Å². The first-order valence-corrected chi connectivity index (χ1v) is 2.92. The molecule has 0 aromatic heterocycles. The van der Waals surface area contributed by atoms with Crippen LogP contribution < -0.4 is 0 Å². The molecular formula is C3H4OW. The van der Waals surface area contributed by atoms with E-state index in [0.717, 1.165) is 0 Å². The van der Waals surface area contributed by atoms with Gasteiger partial charge in [0.2, 0.25) is 0 Å². The molecule has 5 heavy (non-hydrogen) atoms. The zero-order valence-corrected chi connectivity index (χ0v) is 5.83. The van der Waals surface area contributed by atoms with Gasteiger partial charge in [-0.2, -0.15) is 0 Å². The van der Waals surface area contributed by atoms with E-state index in [1.54, 1.807) is 11.3 Å². The Kier molecular flexibility index (Phi) is 2.58. The van der Waals surface area contributed by atoms with Crippen molar-refractivity contribution in [3.8, 4) is 0 Å². The number of ketones is 1. The van der Waals surface area contributed by atoms with Crippen LogP contribution in [0.1, 0.15) is 6.92 Å². The Bertz CT molecular complexity index is 57.9. The topological polar surface area (TPSA) is 17.1 Å². The van der Waals surface area contributed by atoms with Crippen LogP contribution in [0.4, 0.5) is 0 Å². The van der Waals surface area contributed by atoms with E-state index in [9.17, 15) is 4.79 Å². The van der Waals surface area contributed by atoms with Gasteiger partial charge in [0.05, 0.1) is 0 Å². The van der Waals surface area contributed by atoms with Gasteiger partial charge in [0.25, 0.3) is 0 Å². The van der Waals surface area contributed by atoms with Crippen LogP contribution in [-0.4, -0.2) is 10.2 Å². The predicted molar refractivity (Wildman–Crippen MR) is 16.7 cm³/mol. The molecule has 0 spiro atoms. The first kappa shape index (κ1) is 5.23. The Labute approximate surface area is 41.8 Å². The van der Waals surface area contributed by atoms with Gasteiger partial charge in [0, 0.05) is 0 Å². The number of carbonyl (C=O) groups excluding carboxylic acids is 1. The number of Topliss-reactive ketones (excluding diaryl/α,β-unsaturated/α-hetero) is 1. The standard InChI is InChI=1S/C3H4O.W/c1-3(2)4;/h1H,2H3;. The average molecular weight is 240 g/mol. The molecule has 0 atom stereocenters. The summed E-state index contributed by atoms with van der Waals surface area (Å²) in [5.74, 6) is 0.167. The second-order valence-corrected chi connectivity index (χ2v) is 1.58. The van der Waals surface area contributed by atoms with E-state index in [1.807, 2.05) is 0 Å². The van der Waals surface area contributed by atoms with E-state index < -0.39 is 0 Å². The molecule has 0 heterocycles. The Morgan fingerprint density at radius 3 is 2.20 bits per heavy atom. The molecule has 0 aromatic carbocycles. The zero-order valence-electron chi connectivity index (χ0n) is 2.89. The van der Waals surface area contributed by atoms with Crippen LogP contribution in [0.25, 0.3) is 0 Å². The van der Waals surface area contributed by atoms with Gasteiger partial charge in [-0.25, -0.2) is 0 Å². The van der Waals surface area contributed by atoms with Crippen LogP contribution in [0.5, 0.6) is 0 Å². The molecule has 0 amide bonds. The molecule has 0 aliphatic rings. The summed E-state index contributed by atoms with van der Waals surface area (Å²) in [6.45, 7) is 1.55. The van der Waals surface area contributed by atoms with E-state index in [-0.39, 0.29) is 5.78 Å². The first-order chi connectivity index (χ1) is 2.27. The molecular weight excluding hydrogens is 236 g/mol. The number of hydrogen-bond donors (Lipinski definition) is 0. The van der Waals surface area contributed by atoms with Crippen LogP contribution in [0.15, 0.2) is 0 Å². The molecule has 1 nitrogen and oxygen atoms in total. The fourth-order valence-corrected chi connectivity index (χ4v) is 0. The van der Waals surface area contributed by atoms with Crippen LogP contribution >= 0.6 is 0 Å². The molecule has 0 fully saturated rings. The number of hydrogen-bond acceptors (Lipinski definition) is 1. The van der Waals surface area contributed by atoms with Crippen LogP contribution in [0, 0.1) is 0 Å². The van der Waals surface area contributed by atoms with E-state index >= 15 is 0 Å². The third-order valence-corrected chi connectivity index (χ3v) is 1.36. The number of rotatable bonds is 1. The van der Waals surface area contributed by atoms with Crippen molar-refractivity contribution in [3.05, 3.63) is 0 Å². The van der Waals surface area contributed by atoms with Gasteiger partial charge < -0.3 is 0 Å². The molecule has 0 rings (SSSR count). The molecule has 2 heteroatoms. The molecule has 0 unspecified atom stereocenters. The van der Waals surface area contributed by atoms with Gasteiger partial charge in [-0.05, 0) is 0 Å². The van der Waals surface area contributed by atoms with Gasteiger partial charge in [-0.15, -0.1) is 0 Å². The SMILES string of the molecule is CC(=O)[CH]=[W]. The van der Waals surface area contributed by atoms with Gasteiger partial charge in [0.1, 0.15) is 0 Å². The summed E-state index contributed by atoms with van der Waals surface area (Å²) >= 11 is 1.23. The normalized spacial score (nSPS) is 6.60. The predicted octanol–water partition coefficient (Wildman–Crippen LogP) is -0.0756. The molecule has 0 aliphatic carbocycles. The van der Waals surface area contributed by atoms with Crippen LogP contribution in [0.2, 0.25) is 0 Å². The molecule has 0 N–H and O–H groups in total. The second-order valence-electron chi connectivity index (χ2n) is 0.729. The summed E-state index contributed by atoms with van der Waals surface area (Å²) in [7, 11) is 0. The summed E-state index contributed by atoms with van der Waals surface area (Å²) in [4.78, 5) is 9.78. The van der Waals surface area contributed by atoms with Crippen molar-refractivity contribution < 1.29 is 24.1 Å². The monoisotopic (exact) mass is 240 g/mol. The average Bonchev–Trinajstić information content (AvgIpc) is 1.38. The summed E-state index contributed by atoms with van der Waals surface area (Å²) in [5, 5.41) is 0. The molecule has 0 aromatic rings. The third-order valence-electron chi connectivity index (χ3n) is 0.166. The Morgan fingerprint density at radius 1 is 2.00 bits per heavy atom. The minimum absolute atomic E-state index is 0.167. The second kappa shape index (κ2) is 2.46. The maximum atomic E-state index is 9.78. The van der Waals surface area contributed by atoms with Crippen LogP contribution in [0.3, 0.4) is 0 Å².